The summed E-state index contributed by atoms with van der Waals surface area (Å²) in [5, 5.41) is 11.3. The maximum absolute atomic E-state index is 10.6. The molecule has 1 aromatic rings. The van der Waals surface area contributed by atoms with Crippen LogP contribution < -0.4 is 5.32 Å². The molecule has 0 aliphatic heterocycles. The van der Waals surface area contributed by atoms with Gasteiger partial charge in [-0.1, -0.05) is 11.6 Å². The van der Waals surface area contributed by atoms with Gasteiger partial charge in [-0.25, -0.2) is 9.00 Å². The Bertz CT molecular complexity index is 425. The molecule has 0 radical (unpaired) electrons. The normalized spacial score (nSPS) is 12.1. The summed E-state index contributed by atoms with van der Waals surface area (Å²) < 4.78 is 24.3. The Balaban J connectivity index is 2.66. The summed E-state index contributed by atoms with van der Waals surface area (Å²) in [6.45, 7) is -0.251. The quantitative estimate of drug-likeness (QED) is 0.613. The Morgan fingerprint density at radius 3 is 2.81 bits per heavy atom. The lowest BCUT2D eigenvalue weighted by Crippen LogP contribution is -2.08. The zero-order valence-electron chi connectivity index (χ0n) is 7.81. The first-order valence-corrected chi connectivity index (χ1v) is 5.37. The molecule has 0 aliphatic rings. The van der Waals surface area contributed by atoms with Crippen molar-refractivity contribution in [2.24, 2.45) is 0 Å². The molecule has 0 aliphatic carbocycles. The smallest absolute Gasteiger partial charge is 0.337 e. The first kappa shape index (κ1) is 12.9. The highest BCUT2D eigenvalue weighted by Gasteiger charge is 2.08. The number of rotatable bonds is 5. The number of halogens is 1. The van der Waals surface area contributed by atoms with E-state index in [1.165, 1.54) is 18.2 Å². The Hall–Kier alpha value is -1.15. The van der Waals surface area contributed by atoms with E-state index in [2.05, 4.69) is 9.50 Å². The van der Waals surface area contributed by atoms with Gasteiger partial charge in [0.2, 0.25) is 0 Å². The fraction of sp³-hybridized carbons (Fsp3) is 0.125. The predicted octanol–water partition coefficient (Wildman–Crippen LogP) is 1.22. The third kappa shape index (κ3) is 3.78. The Labute approximate surface area is 98.7 Å². The van der Waals surface area contributed by atoms with Crippen LogP contribution >= 0.6 is 11.6 Å². The second kappa shape index (κ2) is 5.80. The maximum Gasteiger partial charge on any atom is 0.337 e. The van der Waals surface area contributed by atoms with Crippen molar-refractivity contribution in [2.45, 2.75) is 0 Å². The van der Waals surface area contributed by atoms with E-state index in [4.69, 9.17) is 16.7 Å². The van der Waals surface area contributed by atoms with E-state index >= 15 is 0 Å². The van der Waals surface area contributed by atoms with E-state index < -0.39 is 17.3 Å². The lowest BCUT2D eigenvalue weighted by molar-refractivity contribution is 0.0697. The molecule has 0 bridgehead atoms. The van der Waals surface area contributed by atoms with Crippen LogP contribution in [0.2, 0.25) is 5.02 Å². The maximum atomic E-state index is 10.6. The van der Waals surface area contributed by atoms with Gasteiger partial charge in [-0.05, 0) is 18.2 Å². The van der Waals surface area contributed by atoms with Crippen LogP contribution in [0.1, 0.15) is 10.4 Å². The van der Waals surface area contributed by atoms with Crippen LogP contribution in [0.15, 0.2) is 18.2 Å². The minimum Gasteiger partial charge on any atom is -0.750 e. The highest BCUT2D eigenvalue weighted by molar-refractivity contribution is 7.74. The van der Waals surface area contributed by atoms with Gasteiger partial charge in [-0.15, -0.1) is 0 Å². The van der Waals surface area contributed by atoms with Crippen molar-refractivity contribution < 1.29 is 22.8 Å². The second-order valence-electron chi connectivity index (χ2n) is 2.64. The highest BCUT2D eigenvalue weighted by atomic mass is 35.5. The Morgan fingerprint density at radius 1 is 1.62 bits per heavy atom. The summed E-state index contributed by atoms with van der Waals surface area (Å²) in [5.74, 6) is -1.13. The molecule has 16 heavy (non-hydrogen) atoms. The van der Waals surface area contributed by atoms with Crippen molar-refractivity contribution in [1.29, 1.82) is 0 Å². The summed E-state index contributed by atoms with van der Waals surface area (Å²) in [6, 6.07) is 4.12. The summed E-state index contributed by atoms with van der Waals surface area (Å²) in [6.07, 6.45) is 0. The molecule has 0 spiro atoms. The minimum atomic E-state index is -2.60. The molecule has 0 heterocycles. The predicted molar refractivity (Wildman–Crippen MR) is 56.9 cm³/mol. The molecule has 0 aromatic heterocycles. The molecule has 0 fully saturated rings. The molecular weight excluding hydrogens is 258 g/mol. The highest BCUT2D eigenvalue weighted by Crippen LogP contribution is 2.20. The van der Waals surface area contributed by atoms with Crippen molar-refractivity contribution in [2.75, 3.05) is 12.0 Å². The topological polar surface area (TPSA) is 98.7 Å². The molecule has 6 nitrogen and oxygen atoms in total. The van der Waals surface area contributed by atoms with Gasteiger partial charge in [0.25, 0.3) is 0 Å². The van der Waals surface area contributed by atoms with Crippen molar-refractivity contribution in [3.05, 3.63) is 28.8 Å². The SMILES string of the molecule is O=C(O)c1ccc(NCOS(=O)[O-])cc1Cl. The zero-order valence-corrected chi connectivity index (χ0v) is 9.38. The number of carbonyl (C=O) groups is 1. The van der Waals surface area contributed by atoms with Gasteiger partial charge in [-0.2, -0.15) is 0 Å². The molecule has 1 aromatic carbocycles. The van der Waals surface area contributed by atoms with Crippen LogP contribution in [0.4, 0.5) is 5.69 Å². The van der Waals surface area contributed by atoms with E-state index in [1.807, 2.05) is 0 Å². The minimum absolute atomic E-state index is 0.0273. The van der Waals surface area contributed by atoms with Crippen LogP contribution in [0.5, 0.6) is 0 Å². The van der Waals surface area contributed by atoms with Crippen molar-refractivity contribution in [1.82, 2.24) is 0 Å². The summed E-state index contributed by atoms with van der Waals surface area (Å²) >= 11 is 3.09. The fourth-order valence-corrected chi connectivity index (χ4v) is 1.38. The third-order valence-corrected chi connectivity index (χ3v) is 2.25. The Morgan fingerprint density at radius 2 is 2.31 bits per heavy atom. The number of nitrogens with one attached hydrogen (secondary N) is 1. The molecular formula is C8H7ClNO5S-. The molecule has 88 valence electrons. The third-order valence-electron chi connectivity index (χ3n) is 1.63. The molecule has 8 heteroatoms. The van der Waals surface area contributed by atoms with Crippen molar-refractivity contribution in [3.63, 3.8) is 0 Å². The van der Waals surface area contributed by atoms with Gasteiger partial charge in [0, 0.05) is 5.69 Å². The van der Waals surface area contributed by atoms with E-state index in [0.717, 1.165) is 0 Å². The molecule has 1 atom stereocenters. The van der Waals surface area contributed by atoms with E-state index in [9.17, 15) is 13.6 Å². The number of aromatic carboxylic acids is 1. The first-order valence-electron chi connectivity index (χ1n) is 4.00. The number of hydrogen-bond acceptors (Lipinski definition) is 5. The first-order chi connectivity index (χ1) is 7.50. The zero-order chi connectivity index (χ0) is 12.1. The molecule has 0 saturated heterocycles. The number of carboxylic acid groups (broad SMARTS) is 1. The summed E-state index contributed by atoms with van der Waals surface area (Å²) in [5.41, 5.74) is 0.431. The average Bonchev–Trinajstić information content (AvgIpc) is 2.16. The molecule has 0 amide bonds. The monoisotopic (exact) mass is 264 g/mol. The average molecular weight is 265 g/mol. The van der Waals surface area contributed by atoms with E-state index in [-0.39, 0.29) is 17.3 Å². The van der Waals surface area contributed by atoms with Gasteiger partial charge in [0.05, 0.1) is 21.9 Å². The van der Waals surface area contributed by atoms with Crippen molar-refractivity contribution >= 4 is 34.6 Å². The molecule has 1 unspecified atom stereocenters. The second-order valence-corrected chi connectivity index (χ2v) is 3.69. The number of carboxylic acids is 1. The van der Waals surface area contributed by atoms with Gasteiger partial charge >= 0.3 is 5.97 Å². The van der Waals surface area contributed by atoms with Crippen LogP contribution in [0, 0.1) is 0 Å². The molecule has 1 rings (SSSR count). The summed E-state index contributed by atoms with van der Waals surface area (Å²) in [7, 11) is 0. The lowest BCUT2D eigenvalue weighted by atomic mass is 10.2. The molecule has 2 N–H and O–H groups in total. The standard InChI is InChI=1S/C8H8ClNO5S/c9-7-3-5(10-4-15-16(13)14)1-2-6(7)8(11)12/h1-3,10H,4H2,(H,11,12)(H,13,14)/p-1. The van der Waals surface area contributed by atoms with Gasteiger partial charge in [0.15, 0.2) is 0 Å². The van der Waals surface area contributed by atoms with Gasteiger partial charge in [-0.3, -0.25) is 4.18 Å². The molecule has 0 saturated carbocycles. The number of benzene rings is 1. The number of hydrogen-bond donors (Lipinski definition) is 2. The lowest BCUT2D eigenvalue weighted by Gasteiger charge is -2.09. The van der Waals surface area contributed by atoms with Crippen LogP contribution in [-0.4, -0.2) is 26.6 Å². The van der Waals surface area contributed by atoms with Gasteiger partial charge in [0.1, 0.15) is 6.73 Å². The fourth-order valence-electron chi connectivity index (χ4n) is 0.959. The van der Waals surface area contributed by atoms with E-state index in [1.54, 1.807) is 0 Å². The van der Waals surface area contributed by atoms with Crippen LogP contribution in [0.3, 0.4) is 0 Å². The number of anilines is 1. The van der Waals surface area contributed by atoms with Gasteiger partial charge < -0.3 is 15.0 Å². The van der Waals surface area contributed by atoms with Crippen molar-refractivity contribution in [3.8, 4) is 0 Å². The largest absolute Gasteiger partial charge is 0.750 e. The summed E-state index contributed by atoms with van der Waals surface area (Å²) in [4.78, 5) is 10.6. The Kier molecular flexibility index (Phi) is 4.69. The van der Waals surface area contributed by atoms with Crippen LogP contribution in [-0.2, 0) is 15.5 Å². The van der Waals surface area contributed by atoms with E-state index in [0.29, 0.717) is 5.69 Å². The van der Waals surface area contributed by atoms with Crippen LogP contribution in [0.25, 0.3) is 0 Å².